The van der Waals surface area contributed by atoms with Gasteiger partial charge in [0.1, 0.15) is 5.82 Å². The van der Waals surface area contributed by atoms with Gasteiger partial charge in [0.05, 0.1) is 5.69 Å². The summed E-state index contributed by atoms with van der Waals surface area (Å²) in [7, 11) is 0. The quantitative estimate of drug-likeness (QED) is 0.860. The fraction of sp³-hybridized carbons (Fsp3) is 0.375. The Morgan fingerprint density at radius 1 is 1.45 bits per heavy atom. The lowest BCUT2D eigenvalue weighted by atomic mass is 10.2. The van der Waals surface area contributed by atoms with E-state index < -0.39 is 0 Å². The Kier molecular flexibility index (Phi) is 5.27. The molecule has 0 aliphatic carbocycles. The largest absolute Gasteiger partial charge is 0.396 e. The van der Waals surface area contributed by atoms with Crippen LogP contribution in [0.3, 0.4) is 0 Å². The minimum Gasteiger partial charge on any atom is -0.396 e. The highest BCUT2D eigenvalue weighted by Gasteiger charge is 2.15. The number of aliphatic hydroxyl groups is 1. The van der Waals surface area contributed by atoms with E-state index in [1.54, 1.807) is 18.2 Å². The van der Waals surface area contributed by atoms with Gasteiger partial charge < -0.3 is 10.4 Å². The second-order valence-corrected chi connectivity index (χ2v) is 5.30. The van der Waals surface area contributed by atoms with E-state index in [-0.39, 0.29) is 30.1 Å². The first-order valence-electron chi connectivity index (χ1n) is 7.25. The van der Waals surface area contributed by atoms with Gasteiger partial charge in [-0.25, -0.2) is 9.07 Å². The molecule has 2 rings (SSSR count). The van der Waals surface area contributed by atoms with E-state index >= 15 is 0 Å². The molecule has 5 nitrogen and oxygen atoms in total. The number of rotatable bonds is 6. The molecular formula is C16H20FN3O2. The first kappa shape index (κ1) is 16.2. The summed E-state index contributed by atoms with van der Waals surface area (Å²) >= 11 is 0. The van der Waals surface area contributed by atoms with Crippen LogP contribution in [-0.2, 0) is 0 Å². The average molecular weight is 305 g/mol. The molecule has 2 N–H and O–H groups in total. The summed E-state index contributed by atoms with van der Waals surface area (Å²) in [6.45, 7) is 3.79. The Labute approximate surface area is 128 Å². The minimum atomic E-state index is -0.351. The van der Waals surface area contributed by atoms with E-state index in [2.05, 4.69) is 10.4 Å². The normalized spacial score (nSPS) is 12.2. The topological polar surface area (TPSA) is 67.2 Å². The fourth-order valence-corrected chi connectivity index (χ4v) is 2.22. The van der Waals surface area contributed by atoms with Gasteiger partial charge in [-0.1, -0.05) is 6.07 Å². The molecule has 1 atom stereocenters. The van der Waals surface area contributed by atoms with Crippen molar-refractivity contribution in [2.24, 2.45) is 0 Å². The van der Waals surface area contributed by atoms with Crippen LogP contribution in [0.15, 0.2) is 30.3 Å². The number of halogens is 1. The number of nitrogens with zero attached hydrogens (tertiary/aromatic N) is 2. The molecular weight excluding hydrogens is 285 g/mol. The smallest absolute Gasteiger partial charge is 0.272 e. The van der Waals surface area contributed by atoms with Gasteiger partial charge in [0, 0.05) is 18.3 Å². The van der Waals surface area contributed by atoms with Gasteiger partial charge in [-0.05, 0) is 51.0 Å². The van der Waals surface area contributed by atoms with Gasteiger partial charge in [-0.15, -0.1) is 0 Å². The van der Waals surface area contributed by atoms with Crippen molar-refractivity contribution in [1.29, 1.82) is 0 Å². The SMILES string of the molecule is Cc1cc(C(=O)NC(C)CCCO)nn1-c1cccc(F)c1. The molecule has 22 heavy (non-hydrogen) atoms. The second kappa shape index (κ2) is 7.17. The molecule has 0 bridgehead atoms. The van der Waals surface area contributed by atoms with Crippen LogP contribution in [0.4, 0.5) is 4.39 Å². The van der Waals surface area contributed by atoms with Crippen molar-refractivity contribution in [2.45, 2.75) is 32.7 Å². The minimum absolute atomic E-state index is 0.0423. The number of hydrogen-bond acceptors (Lipinski definition) is 3. The lowest BCUT2D eigenvalue weighted by Crippen LogP contribution is -2.33. The predicted octanol–water partition coefficient (Wildman–Crippen LogP) is 2.21. The standard InChI is InChI=1S/C16H20FN3O2/c1-11(5-4-8-21)18-16(22)15-9-12(2)20(19-15)14-7-3-6-13(17)10-14/h3,6-7,9-11,21H,4-5,8H2,1-2H3,(H,18,22). The summed E-state index contributed by atoms with van der Waals surface area (Å²) < 4.78 is 14.8. The van der Waals surface area contributed by atoms with Crippen LogP contribution < -0.4 is 5.32 Å². The molecule has 1 aromatic carbocycles. The number of hydrogen-bond donors (Lipinski definition) is 2. The molecule has 1 heterocycles. The van der Waals surface area contributed by atoms with Crippen molar-refractivity contribution in [3.63, 3.8) is 0 Å². The number of aliphatic hydroxyl groups excluding tert-OH is 1. The van der Waals surface area contributed by atoms with Crippen LogP contribution in [0, 0.1) is 12.7 Å². The maximum atomic E-state index is 13.3. The summed E-state index contributed by atoms with van der Waals surface area (Å²) in [6.07, 6.45) is 1.34. The second-order valence-electron chi connectivity index (χ2n) is 5.30. The van der Waals surface area contributed by atoms with Crippen LogP contribution in [0.25, 0.3) is 5.69 Å². The maximum Gasteiger partial charge on any atom is 0.272 e. The molecule has 0 saturated carbocycles. The van der Waals surface area contributed by atoms with E-state index in [0.717, 1.165) is 5.69 Å². The maximum absolute atomic E-state index is 13.3. The van der Waals surface area contributed by atoms with Crippen molar-refractivity contribution in [1.82, 2.24) is 15.1 Å². The van der Waals surface area contributed by atoms with Gasteiger partial charge >= 0.3 is 0 Å². The molecule has 0 spiro atoms. The van der Waals surface area contributed by atoms with E-state index in [1.807, 2.05) is 13.8 Å². The lowest BCUT2D eigenvalue weighted by Gasteiger charge is -2.11. The third-order valence-corrected chi connectivity index (χ3v) is 3.35. The third-order valence-electron chi connectivity index (χ3n) is 3.35. The summed E-state index contributed by atoms with van der Waals surface area (Å²) in [6, 6.07) is 7.68. The van der Waals surface area contributed by atoms with Crippen LogP contribution in [-0.4, -0.2) is 33.4 Å². The first-order chi connectivity index (χ1) is 10.5. The summed E-state index contributed by atoms with van der Waals surface area (Å²) in [5.41, 5.74) is 1.61. The number of amides is 1. The van der Waals surface area contributed by atoms with E-state index in [4.69, 9.17) is 5.11 Å². The number of carbonyl (C=O) groups is 1. The Morgan fingerprint density at radius 2 is 2.23 bits per heavy atom. The molecule has 1 unspecified atom stereocenters. The number of benzene rings is 1. The van der Waals surface area contributed by atoms with Crippen LogP contribution in [0.1, 0.15) is 35.9 Å². The highest BCUT2D eigenvalue weighted by molar-refractivity contribution is 5.92. The molecule has 6 heteroatoms. The first-order valence-corrected chi connectivity index (χ1v) is 7.25. The monoisotopic (exact) mass is 305 g/mol. The van der Waals surface area contributed by atoms with Gasteiger partial charge in [0.15, 0.2) is 5.69 Å². The Morgan fingerprint density at radius 3 is 2.91 bits per heavy atom. The molecule has 118 valence electrons. The van der Waals surface area contributed by atoms with Crippen LogP contribution in [0.5, 0.6) is 0 Å². The summed E-state index contributed by atoms with van der Waals surface area (Å²) in [5.74, 6) is -0.625. The van der Waals surface area contributed by atoms with Crippen LogP contribution in [0.2, 0.25) is 0 Å². The molecule has 0 saturated heterocycles. The summed E-state index contributed by atoms with van der Waals surface area (Å²) in [5, 5.41) is 15.9. The van der Waals surface area contributed by atoms with Gasteiger partial charge in [-0.3, -0.25) is 4.79 Å². The fourth-order valence-electron chi connectivity index (χ4n) is 2.22. The zero-order valence-electron chi connectivity index (χ0n) is 12.7. The highest BCUT2D eigenvalue weighted by atomic mass is 19.1. The van der Waals surface area contributed by atoms with E-state index in [9.17, 15) is 9.18 Å². The summed E-state index contributed by atoms with van der Waals surface area (Å²) in [4.78, 5) is 12.2. The van der Waals surface area contributed by atoms with Gasteiger partial charge in [0.25, 0.3) is 5.91 Å². The lowest BCUT2D eigenvalue weighted by molar-refractivity contribution is 0.0931. The van der Waals surface area contributed by atoms with Crippen molar-refractivity contribution >= 4 is 5.91 Å². The number of nitrogens with one attached hydrogen (secondary N) is 1. The van der Waals surface area contributed by atoms with Crippen molar-refractivity contribution in [3.05, 3.63) is 47.5 Å². The molecule has 0 aliphatic heterocycles. The Hall–Kier alpha value is -2.21. The molecule has 1 aromatic heterocycles. The molecule has 1 amide bonds. The molecule has 0 fully saturated rings. The number of aryl methyl sites for hydroxylation is 1. The molecule has 2 aromatic rings. The van der Waals surface area contributed by atoms with Crippen LogP contribution >= 0.6 is 0 Å². The predicted molar refractivity (Wildman–Crippen MR) is 81.5 cm³/mol. The molecule has 0 radical (unpaired) electrons. The van der Waals surface area contributed by atoms with Gasteiger partial charge in [0.2, 0.25) is 0 Å². The Balaban J connectivity index is 2.14. The molecule has 0 aliphatic rings. The zero-order valence-corrected chi connectivity index (χ0v) is 12.7. The zero-order chi connectivity index (χ0) is 16.1. The highest BCUT2D eigenvalue weighted by Crippen LogP contribution is 2.13. The Bertz CT molecular complexity index is 655. The van der Waals surface area contributed by atoms with E-state index in [1.165, 1.54) is 16.8 Å². The van der Waals surface area contributed by atoms with Crippen molar-refractivity contribution < 1.29 is 14.3 Å². The third kappa shape index (κ3) is 3.92. The van der Waals surface area contributed by atoms with Gasteiger partial charge in [-0.2, -0.15) is 5.10 Å². The average Bonchev–Trinajstić information content (AvgIpc) is 2.87. The number of aromatic nitrogens is 2. The number of carbonyl (C=O) groups excluding carboxylic acids is 1. The van der Waals surface area contributed by atoms with Crippen molar-refractivity contribution in [3.8, 4) is 5.69 Å². The van der Waals surface area contributed by atoms with Crippen molar-refractivity contribution in [2.75, 3.05) is 6.61 Å². The van der Waals surface area contributed by atoms with E-state index in [0.29, 0.717) is 18.5 Å².